The molecule has 1 aliphatic carbocycles. The standard InChI is InChI=1S/C15H26N2O/c1-11-5-3-9-16-14(11)15(18)17-10-4-7-12-6-2-8-13(12)17/h11-14,16H,2-10H2,1H3. The van der Waals surface area contributed by atoms with Gasteiger partial charge >= 0.3 is 0 Å². The minimum Gasteiger partial charge on any atom is -0.338 e. The maximum Gasteiger partial charge on any atom is 0.240 e. The maximum absolute atomic E-state index is 12.8. The van der Waals surface area contributed by atoms with Gasteiger partial charge < -0.3 is 10.2 Å². The van der Waals surface area contributed by atoms with Crippen molar-refractivity contribution >= 4 is 5.91 Å². The minimum atomic E-state index is 0.0955. The fraction of sp³-hybridized carbons (Fsp3) is 0.933. The van der Waals surface area contributed by atoms with E-state index in [0.717, 1.165) is 19.0 Å². The van der Waals surface area contributed by atoms with Crippen molar-refractivity contribution in [3.8, 4) is 0 Å². The molecule has 0 spiro atoms. The Labute approximate surface area is 110 Å². The van der Waals surface area contributed by atoms with Crippen molar-refractivity contribution < 1.29 is 4.79 Å². The van der Waals surface area contributed by atoms with Gasteiger partial charge in [-0.15, -0.1) is 0 Å². The lowest BCUT2D eigenvalue weighted by molar-refractivity contribution is -0.140. The molecular weight excluding hydrogens is 224 g/mol. The van der Waals surface area contributed by atoms with Crippen LogP contribution in [0.1, 0.15) is 51.9 Å². The highest BCUT2D eigenvalue weighted by Crippen LogP contribution is 2.37. The second-order valence-electron chi connectivity index (χ2n) is 6.48. The number of hydrogen-bond donors (Lipinski definition) is 1. The van der Waals surface area contributed by atoms with E-state index in [0.29, 0.717) is 17.9 Å². The van der Waals surface area contributed by atoms with E-state index in [2.05, 4.69) is 17.1 Å². The van der Waals surface area contributed by atoms with Crippen LogP contribution in [-0.2, 0) is 4.79 Å². The van der Waals surface area contributed by atoms with Crippen LogP contribution in [0.15, 0.2) is 0 Å². The Kier molecular flexibility index (Phi) is 3.60. The molecule has 0 bridgehead atoms. The highest BCUT2D eigenvalue weighted by molar-refractivity contribution is 5.82. The number of rotatable bonds is 1. The van der Waals surface area contributed by atoms with Crippen molar-refractivity contribution in [1.29, 1.82) is 0 Å². The summed E-state index contributed by atoms with van der Waals surface area (Å²) in [5, 5.41) is 3.45. The van der Waals surface area contributed by atoms with Crippen molar-refractivity contribution in [2.75, 3.05) is 13.1 Å². The number of carbonyl (C=O) groups excluding carboxylic acids is 1. The van der Waals surface area contributed by atoms with Crippen LogP contribution in [0.2, 0.25) is 0 Å². The summed E-state index contributed by atoms with van der Waals surface area (Å²) in [6, 6.07) is 0.667. The highest BCUT2D eigenvalue weighted by Gasteiger charge is 2.40. The fourth-order valence-electron chi connectivity index (χ4n) is 4.29. The van der Waals surface area contributed by atoms with E-state index in [4.69, 9.17) is 0 Å². The second-order valence-corrected chi connectivity index (χ2v) is 6.48. The Bertz CT molecular complexity index is 318. The lowest BCUT2D eigenvalue weighted by atomic mass is 9.88. The van der Waals surface area contributed by atoms with Crippen molar-refractivity contribution in [2.24, 2.45) is 11.8 Å². The normalized spacial score (nSPS) is 40.6. The molecule has 102 valence electrons. The second kappa shape index (κ2) is 5.20. The number of likely N-dealkylation sites (tertiary alicyclic amines) is 1. The Hall–Kier alpha value is -0.570. The van der Waals surface area contributed by atoms with Crippen LogP contribution in [0.5, 0.6) is 0 Å². The van der Waals surface area contributed by atoms with Crippen molar-refractivity contribution in [1.82, 2.24) is 10.2 Å². The zero-order valence-corrected chi connectivity index (χ0v) is 11.5. The van der Waals surface area contributed by atoms with Gasteiger partial charge in [0.15, 0.2) is 0 Å². The number of amides is 1. The van der Waals surface area contributed by atoms with Crippen molar-refractivity contribution in [3.63, 3.8) is 0 Å². The third kappa shape index (κ3) is 2.18. The van der Waals surface area contributed by atoms with Gasteiger partial charge in [0, 0.05) is 12.6 Å². The predicted octanol–water partition coefficient (Wildman–Crippen LogP) is 2.17. The van der Waals surface area contributed by atoms with Crippen LogP contribution < -0.4 is 5.32 Å². The Morgan fingerprint density at radius 3 is 2.78 bits per heavy atom. The molecule has 2 heterocycles. The Morgan fingerprint density at radius 1 is 1.11 bits per heavy atom. The predicted molar refractivity (Wildman–Crippen MR) is 72.3 cm³/mol. The number of nitrogens with zero attached hydrogens (tertiary/aromatic N) is 1. The van der Waals surface area contributed by atoms with Gasteiger partial charge in [-0.2, -0.15) is 0 Å². The van der Waals surface area contributed by atoms with Gasteiger partial charge in [-0.1, -0.05) is 13.3 Å². The van der Waals surface area contributed by atoms with E-state index in [1.165, 1.54) is 44.9 Å². The van der Waals surface area contributed by atoms with Crippen LogP contribution in [0, 0.1) is 11.8 Å². The van der Waals surface area contributed by atoms with Crippen molar-refractivity contribution in [3.05, 3.63) is 0 Å². The summed E-state index contributed by atoms with van der Waals surface area (Å²) in [4.78, 5) is 15.0. The van der Waals surface area contributed by atoms with Crippen molar-refractivity contribution in [2.45, 2.75) is 64.0 Å². The fourth-order valence-corrected chi connectivity index (χ4v) is 4.29. The summed E-state index contributed by atoms with van der Waals surface area (Å²) in [7, 11) is 0. The molecule has 2 aliphatic heterocycles. The molecule has 3 aliphatic rings. The largest absolute Gasteiger partial charge is 0.338 e. The molecular formula is C15H26N2O. The van der Waals surface area contributed by atoms with Crippen LogP contribution in [0.3, 0.4) is 0 Å². The molecule has 1 N–H and O–H groups in total. The molecule has 3 heteroatoms. The average Bonchev–Trinajstić information content (AvgIpc) is 2.86. The van der Waals surface area contributed by atoms with E-state index >= 15 is 0 Å². The topological polar surface area (TPSA) is 32.3 Å². The van der Waals surface area contributed by atoms with Gasteiger partial charge in [0.2, 0.25) is 5.91 Å². The zero-order valence-electron chi connectivity index (χ0n) is 11.5. The smallest absolute Gasteiger partial charge is 0.240 e. The van der Waals surface area contributed by atoms with E-state index in [1.54, 1.807) is 0 Å². The first-order chi connectivity index (χ1) is 8.77. The van der Waals surface area contributed by atoms with Crippen LogP contribution >= 0.6 is 0 Å². The third-order valence-electron chi connectivity index (χ3n) is 5.31. The number of piperidine rings is 2. The van der Waals surface area contributed by atoms with Gasteiger partial charge in [-0.05, 0) is 56.9 Å². The quantitative estimate of drug-likeness (QED) is 0.773. The average molecular weight is 250 g/mol. The molecule has 3 rings (SSSR count). The summed E-state index contributed by atoms with van der Waals surface area (Å²) in [6.45, 7) is 4.25. The Balaban J connectivity index is 1.70. The summed E-state index contributed by atoms with van der Waals surface area (Å²) < 4.78 is 0. The highest BCUT2D eigenvalue weighted by atomic mass is 16.2. The van der Waals surface area contributed by atoms with Crippen LogP contribution in [0.25, 0.3) is 0 Å². The lowest BCUT2D eigenvalue weighted by Gasteiger charge is -2.41. The van der Waals surface area contributed by atoms with E-state index in [9.17, 15) is 4.79 Å². The molecule has 4 atom stereocenters. The zero-order chi connectivity index (χ0) is 12.5. The number of hydrogen-bond acceptors (Lipinski definition) is 2. The van der Waals surface area contributed by atoms with Crippen LogP contribution in [-0.4, -0.2) is 36.0 Å². The van der Waals surface area contributed by atoms with E-state index in [-0.39, 0.29) is 6.04 Å². The van der Waals surface area contributed by atoms with E-state index in [1.807, 2.05) is 0 Å². The molecule has 0 aromatic carbocycles. The number of carbonyl (C=O) groups is 1. The summed E-state index contributed by atoms with van der Waals surface area (Å²) in [5.41, 5.74) is 0. The third-order valence-corrected chi connectivity index (χ3v) is 5.31. The molecule has 3 fully saturated rings. The molecule has 3 nitrogen and oxygen atoms in total. The molecule has 0 radical (unpaired) electrons. The lowest BCUT2D eigenvalue weighted by Crippen LogP contribution is -2.56. The SMILES string of the molecule is CC1CCCNC1C(=O)N1CCCC2CCCC21. The summed E-state index contributed by atoms with van der Waals surface area (Å²) in [5.74, 6) is 1.72. The van der Waals surface area contributed by atoms with Gasteiger partial charge in [-0.25, -0.2) is 0 Å². The summed E-state index contributed by atoms with van der Waals surface area (Å²) in [6.07, 6.45) is 8.91. The molecule has 1 amide bonds. The minimum absolute atomic E-state index is 0.0955. The van der Waals surface area contributed by atoms with E-state index < -0.39 is 0 Å². The van der Waals surface area contributed by atoms with Gasteiger partial charge in [0.1, 0.15) is 0 Å². The first-order valence-electron chi connectivity index (χ1n) is 7.81. The molecule has 4 unspecified atom stereocenters. The molecule has 18 heavy (non-hydrogen) atoms. The molecule has 0 aromatic rings. The summed E-state index contributed by atoms with van der Waals surface area (Å²) >= 11 is 0. The monoisotopic (exact) mass is 250 g/mol. The Morgan fingerprint density at radius 2 is 1.94 bits per heavy atom. The first-order valence-corrected chi connectivity index (χ1v) is 7.81. The van der Waals surface area contributed by atoms with Gasteiger partial charge in [0.25, 0.3) is 0 Å². The van der Waals surface area contributed by atoms with Gasteiger partial charge in [0.05, 0.1) is 6.04 Å². The maximum atomic E-state index is 12.8. The molecule has 1 saturated carbocycles. The number of fused-ring (bicyclic) bond motifs is 1. The number of nitrogens with one attached hydrogen (secondary N) is 1. The molecule has 2 saturated heterocycles. The first kappa shape index (κ1) is 12.5. The van der Waals surface area contributed by atoms with Crippen LogP contribution in [0.4, 0.5) is 0 Å². The van der Waals surface area contributed by atoms with Gasteiger partial charge in [-0.3, -0.25) is 4.79 Å². The molecule has 0 aromatic heterocycles.